The monoisotopic (exact) mass is 255 g/mol. The average molecular weight is 255 g/mol. The summed E-state index contributed by atoms with van der Waals surface area (Å²) in [6.45, 7) is 7.83. The highest BCUT2D eigenvalue weighted by molar-refractivity contribution is 5.84. The number of rotatable bonds is 4. The first kappa shape index (κ1) is 15.0. The van der Waals surface area contributed by atoms with Gasteiger partial charge in [-0.1, -0.05) is 13.3 Å². The zero-order valence-corrected chi connectivity index (χ0v) is 12.2. The molecule has 0 N–H and O–H groups in total. The number of Topliss-reactive ketones (excluding diaryl/α,β-unsaturated/α-hetero) is 1. The van der Waals surface area contributed by atoms with Crippen LogP contribution in [0.5, 0.6) is 0 Å². The van der Waals surface area contributed by atoms with Crippen LogP contribution in [-0.4, -0.2) is 36.0 Å². The highest BCUT2D eigenvalue weighted by Gasteiger charge is 2.30. The Labute approximate surface area is 110 Å². The van der Waals surface area contributed by atoms with E-state index in [0.29, 0.717) is 6.54 Å². The van der Waals surface area contributed by atoms with Crippen LogP contribution in [0.1, 0.15) is 47.0 Å². The molecule has 1 aliphatic rings. The van der Waals surface area contributed by atoms with Crippen molar-refractivity contribution in [3.63, 3.8) is 0 Å². The van der Waals surface area contributed by atoms with E-state index in [0.717, 1.165) is 19.3 Å². The maximum absolute atomic E-state index is 12.0. The molecule has 1 fully saturated rings. The zero-order valence-electron chi connectivity index (χ0n) is 12.2. The molecule has 0 aliphatic heterocycles. The van der Waals surface area contributed by atoms with Gasteiger partial charge in [0.1, 0.15) is 11.4 Å². The van der Waals surface area contributed by atoms with E-state index < -0.39 is 5.60 Å². The molecular weight excluding hydrogens is 230 g/mol. The lowest BCUT2D eigenvalue weighted by Crippen LogP contribution is -2.39. The first-order chi connectivity index (χ1) is 8.20. The summed E-state index contributed by atoms with van der Waals surface area (Å²) in [5, 5.41) is 0. The standard InChI is InChI=1S/C14H25NO3/c1-10(12(16)11-7-6-8-11)9-15(5)13(17)18-14(2,3)4/h10-11H,6-9H2,1-5H3. The number of nitrogens with zero attached hydrogens (tertiary/aromatic N) is 1. The average Bonchev–Trinajstić information content (AvgIpc) is 2.11. The normalized spacial score (nSPS) is 17.8. The van der Waals surface area contributed by atoms with Gasteiger partial charge in [0, 0.05) is 25.4 Å². The van der Waals surface area contributed by atoms with E-state index in [4.69, 9.17) is 4.74 Å². The molecule has 1 aliphatic carbocycles. The van der Waals surface area contributed by atoms with E-state index in [2.05, 4.69) is 0 Å². The van der Waals surface area contributed by atoms with Crippen molar-refractivity contribution in [1.29, 1.82) is 0 Å². The Morgan fingerprint density at radius 3 is 2.28 bits per heavy atom. The molecule has 1 rings (SSSR count). The number of carbonyl (C=O) groups excluding carboxylic acids is 2. The first-order valence-corrected chi connectivity index (χ1v) is 6.68. The van der Waals surface area contributed by atoms with E-state index in [1.165, 1.54) is 4.90 Å². The van der Waals surface area contributed by atoms with Crippen molar-refractivity contribution in [3.8, 4) is 0 Å². The Balaban J connectivity index is 2.40. The summed E-state index contributed by atoms with van der Waals surface area (Å²) < 4.78 is 5.26. The Morgan fingerprint density at radius 2 is 1.89 bits per heavy atom. The number of amides is 1. The fourth-order valence-corrected chi connectivity index (χ4v) is 2.01. The van der Waals surface area contributed by atoms with Crippen LogP contribution in [0.25, 0.3) is 0 Å². The number of ether oxygens (including phenoxy) is 1. The van der Waals surface area contributed by atoms with E-state index in [9.17, 15) is 9.59 Å². The fraction of sp³-hybridized carbons (Fsp3) is 0.857. The topological polar surface area (TPSA) is 46.6 Å². The van der Waals surface area contributed by atoms with Gasteiger partial charge in [0.15, 0.2) is 0 Å². The zero-order chi connectivity index (χ0) is 13.9. The molecular formula is C14H25NO3. The van der Waals surface area contributed by atoms with Gasteiger partial charge < -0.3 is 9.64 Å². The van der Waals surface area contributed by atoms with Crippen LogP contribution in [0.3, 0.4) is 0 Å². The Hall–Kier alpha value is -1.06. The molecule has 1 unspecified atom stereocenters. The molecule has 0 radical (unpaired) electrons. The molecule has 4 heteroatoms. The van der Waals surface area contributed by atoms with Crippen LogP contribution in [0.15, 0.2) is 0 Å². The summed E-state index contributed by atoms with van der Waals surface area (Å²) in [6, 6.07) is 0. The van der Waals surface area contributed by atoms with Crippen LogP contribution in [0.2, 0.25) is 0 Å². The maximum atomic E-state index is 12.0. The SMILES string of the molecule is CC(CN(C)C(=O)OC(C)(C)C)C(=O)C1CCC1. The summed E-state index contributed by atoms with van der Waals surface area (Å²) >= 11 is 0. The first-order valence-electron chi connectivity index (χ1n) is 6.68. The molecule has 0 heterocycles. The molecule has 0 aromatic carbocycles. The smallest absolute Gasteiger partial charge is 0.410 e. The molecule has 4 nitrogen and oxygen atoms in total. The van der Waals surface area contributed by atoms with Crippen molar-refractivity contribution in [2.75, 3.05) is 13.6 Å². The summed E-state index contributed by atoms with van der Waals surface area (Å²) in [5.41, 5.74) is -0.493. The van der Waals surface area contributed by atoms with E-state index in [1.54, 1.807) is 7.05 Å². The Morgan fingerprint density at radius 1 is 1.33 bits per heavy atom. The van der Waals surface area contributed by atoms with Crippen LogP contribution < -0.4 is 0 Å². The lowest BCUT2D eigenvalue weighted by molar-refractivity contribution is -0.129. The highest BCUT2D eigenvalue weighted by atomic mass is 16.6. The Bertz CT molecular complexity index is 315. The molecule has 0 aromatic rings. The molecule has 1 saturated carbocycles. The lowest BCUT2D eigenvalue weighted by atomic mass is 9.78. The molecule has 1 atom stereocenters. The van der Waals surface area contributed by atoms with Crippen molar-refractivity contribution in [2.45, 2.75) is 52.6 Å². The van der Waals surface area contributed by atoms with Gasteiger partial charge in [0.2, 0.25) is 0 Å². The van der Waals surface area contributed by atoms with Crippen LogP contribution in [0.4, 0.5) is 4.79 Å². The minimum atomic E-state index is -0.493. The summed E-state index contributed by atoms with van der Waals surface area (Å²) in [6.07, 6.45) is 2.82. The van der Waals surface area contributed by atoms with Crippen LogP contribution in [0, 0.1) is 11.8 Å². The van der Waals surface area contributed by atoms with Gasteiger partial charge in [-0.3, -0.25) is 4.79 Å². The van der Waals surface area contributed by atoms with Crippen molar-refractivity contribution in [3.05, 3.63) is 0 Å². The van der Waals surface area contributed by atoms with Crippen LogP contribution in [-0.2, 0) is 9.53 Å². The third-order valence-corrected chi connectivity index (χ3v) is 3.25. The molecule has 18 heavy (non-hydrogen) atoms. The van der Waals surface area contributed by atoms with Crippen molar-refractivity contribution in [2.24, 2.45) is 11.8 Å². The number of hydrogen-bond acceptors (Lipinski definition) is 3. The maximum Gasteiger partial charge on any atom is 0.410 e. The van der Waals surface area contributed by atoms with Gasteiger partial charge in [-0.2, -0.15) is 0 Å². The second-order valence-corrected chi connectivity index (χ2v) is 6.29. The largest absolute Gasteiger partial charge is 0.444 e. The van der Waals surface area contributed by atoms with Gasteiger partial charge in [-0.15, -0.1) is 0 Å². The molecule has 1 amide bonds. The van der Waals surface area contributed by atoms with Crippen molar-refractivity contribution < 1.29 is 14.3 Å². The highest BCUT2D eigenvalue weighted by Crippen LogP contribution is 2.29. The number of ketones is 1. The minimum absolute atomic E-state index is 0.104. The van der Waals surface area contributed by atoms with Gasteiger partial charge in [0.25, 0.3) is 0 Å². The fourth-order valence-electron chi connectivity index (χ4n) is 2.01. The lowest BCUT2D eigenvalue weighted by Gasteiger charge is -2.30. The summed E-state index contributed by atoms with van der Waals surface area (Å²) in [4.78, 5) is 25.2. The third kappa shape index (κ3) is 4.31. The van der Waals surface area contributed by atoms with Gasteiger partial charge in [-0.05, 0) is 33.6 Å². The van der Waals surface area contributed by atoms with Crippen LogP contribution >= 0.6 is 0 Å². The van der Waals surface area contributed by atoms with E-state index in [-0.39, 0.29) is 23.7 Å². The third-order valence-electron chi connectivity index (χ3n) is 3.25. The van der Waals surface area contributed by atoms with Gasteiger partial charge >= 0.3 is 6.09 Å². The minimum Gasteiger partial charge on any atom is -0.444 e. The molecule has 0 spiro atoms. The molecule has 104 valence electrons. The summed E-state index contributed by atoms with van der Waals surface area (Å²) in [7, 11) is 1.68. The molecule has 0 saturated heterocycles. The Kier molecular flexibility index (Phi) is 4.77. The number of carbonyl (C=O) groups is 2. The molecule has 0 bridgehead atoms. The predicted octanol–water partition coefficient (Wildman–Crippen LogP) is 2.86. The van der Waals surface area contributed by atoms with Crippen molar-refractivity contribution in [1.82, 2.24) is 4.90 Å². The second kappa shape index (κ2) is 5.72. The number of hydrogen-bond donors (Lipinski definition) is 0. The van der Waals surface area contributed by atoms with E-state index in [1.807, 2.05) is 27.7 Å². The quantitative estimate of drug-likeness (QED) is 0.776. The van der Waals surface area contributed by atoms with E-state index >= 15 is 0 Å². The van der Waals surface area contributed by atoms with Gasteiger partial charge in [0.05, 0.1) is 0 Å². The summed E-state index contributed by atoms with van der Waals surface area (Å²) in [5.74, 6) is 0.413. The second-order valence-electron chi connectivity index (χ2n) is 6.29. The van der Waals surface area contributed by atoms with Crippen molar-refractivity contribution >= 4 is 11.9 Å². The van der Waals surface area contributed by atoms with Gasteiger partial charge in [-0.25, -0.2) is 4.79 Å². The predicted molar refractivity (Wildman–Crippen MR) is 70.4 cm³/mol. The molecule has 0 aromatic heterocycles.